The molecule has 0 aliphatic rings. The lowest BCUT2D eigenvalue weighted by atomic mass is 10.3. The molecule has 5 nitrogen and oxygen atoms in total. The Labute approximate surface area is 123 Å². The van der Waals surface area contributed by atoms with Gasteiger partial charge in [0.2, 0.25) is 0 Å². The standard InChI is InChI=1S/C14H20ClNO4/c1-11(20-13-5-2-4-12(15)10-13)14(18)16-6-3-8-19-9-7-17/h2,4-5,10-11,17H,3,6-9H2,1H3,(H,16,18). The molecule has 0 fully saturated rings. The molecule has 1 amide bonds. The Morgan fingerprint density at radius 2 is 2.25 bits per heavy atom. The summed E-state index contributed by atoms with van der Waals surface area (Å²) in [5.41, 5.74) is 0. The first-order valence-electron chi connectivity index (χ1n) is 6.52. The number of benzene rings is 1. The molecule has 0 radical (unpaired) electrons. The molecule has 6 heteroatoms. The van der Waals surface area contributed by atoms with Crippen molar-refractivity contribution in [2.75, 3.05) is 26.4 Å². The maximum Gasteiger partial charge on any atom is 0.260 e. The van der Waals surface area contributed by atoms with E-state index in [1.165, 1.54) is 0 Å². The summed E-state index contributed by atoms with van der Waals surface area (Å²) in [4.78, 5) is 11.8. The zero-order valence-corrected chi connectivity index (χ0v) is 12.2. The highest BCUT2D eigenvalue weighted by Crippen LogP contribution is 2.18. The highest BCUT2D eigenvalue weighted by molar-refractivity contribution is 6.30. The Hall–Kier alpha value is -1.30. The number of halogens is 1. The highest BCUT2D eigenvalue weighted by atomic mass is 35.5. The van der Waals surface area contributed by atoms with Crippen molar-refractivity contribution in [2.45, 2.75) is 19.4 Å². The zero-order valence-electron chi connectivity index (χ0n) is 11.5. The fourth-order valence-electron chi connectivity index (χ4n) is 1.49. The fraction of sp³-hybridized carbons (Fsp3) is 0.500. The van der Waals surface area contributed by atoms with Crippen molar-refractivity contribution in [1.29, 1.82) is 0 Å². The topological polar surface area (TPSA) is 67.8 Å². The van der Waals surface area contributed by atoms with Crippen molar-refractivity contribution >= 4 is 17.5 Å². The number of aliphatic hydroxyl groups is 1. The molecule has 0 aromatic heterocycles. The molecule has 112 valence electrons. The van der Waals surface area contributed by atoms with Gasteiger partial charge in [0, 0.05) is 18.2 Å². The Morgan fingerprint density at radius 3 is 2.95 bits per heavy atom. The molecule has 1 rings (SSSR count). The predicted molar refractivity (Wildman–Crippen MR) is 77.1 cm³/mol. The lowest BCUT2D eigenvalue weighted by molar-refractivity contribution is -0.127. The van der Waals surface area contributed by atoms with Gasteiger partial charge in [-0.05, 0) is 31.5 Å². The van der Waals surface area contributed by atoms with Crippen molar-refractivity contribution in [3.05, 3.63) is 29.3 Å². The van der Waals surface area contributed by atoms with Crippen molar-refractivity contribution in [2.24, 2.45) is 0 Å². The first kappa shape index (κ1) is 16.8. The number of rotatable bonds is 9. The van der Waals surface area contributed by atoms with Gasteiger partial charge in [-0.25, -0.2) is 0 Å². The molecule has 0 aliphatic heterocycles. The molecule has 0 saturated carbocycles. The van der Waals surface area contributed by atoms with Gasteiger partial charge in [0.05, 0.1) is 13.2 Å². The van der Waals surface area contributed by atoms with E-state index in [-0.39, 0.29) is 12.5 Å². The average Bonchev–Trinajstić information content (AvgIpc) is 2.42. The van der Waals surface area contributed by atoms with Gasteiger partial charge in [0.15, 0.2) is 6.10 Å². The largest absolute Gasteiger partial charge is 0.481 e. The molecule has 1 aromatic rings. The van der Waals surface area contributed by atoms with Crippen LogP contribution in [-0.2, 0) is 9.53 Å². The Morgan fingerprint density at radius 1 is 1.45 bits per heavy atom. The Bertz CT molecular complexity index is 414. The van der Waals surface area contributed by atoms with Crippen LogP contribution in [0.1, 0.15) is 13.3 Å². The summed E-state index contributed by atoms with van der Waals surface area (Å²) >= 11 is 5.84. The van der Waals surface area contributed by atoms with Crippen molar-refractivity contribution in [1.82, 2.24) is 5.32 Å². The second-order valence-electron chi connectivity index (χ2n) is 4.20. The fourth-order valence-corrected chi connectivity index (χ4v) is 1.67. The molecule has 0 aliphatic carbocycles. The maximum atomic E-state index is 11.8. The lowest BCUT2D eigenvalue weighted by Crippen LogP contribution is -2.37. The van der Waals surface area contributed by atoms with Gasteiger partial charge in [-0.1, -0.05) is 17.7 Å². The third-order valence-corrected chi connectivity index (χ3v) is 2.71. The van der Waals surface area contributed by atoms with Crippen LogP contribution in [0, 0.1) is 0 Å². The molecular weight excluding hydrogens is 282 g/mol. The van der Waals surface area contributed by atoms with Gasteiger partial charge < -0.3 is 19.9 Å². The van der Waals surface area contributed by atoms with Crippen LogP contribution in [0.5, 0.6) is 5.75 Å². The third-order valence-electron chi connectivity index (χ3n) is 2.48. The van der Waals surface area contributed by atoms with Crippen LogP contribution in [0.4, 0.5) is 0 Å². The SMILES string of the molecule is CC(Oc1cccc(Cl)c1)C(=O)NCCCOCCO. The molecule has 0 heterocycles. The number of hydrogen-bond donors (Lipinski definition) is 2. The van der Waals surface area contributed by atoms with Crippen molar-refractivity contribution in [3.8, 4) is 5.75 Å². The number of hydrogen-bond acceptors (Lipinski definition) is 4. The van der Waals surface area contributed by atoms with Crippen molar-refractivity contribution < 1.29 is 19.4 Å². The summed E-state index contributed by atoms with van der Waals surface area (Å²) < 4.78 is 10.6. The average molecular weight is 302 g/mol. The van der Waals surface area contributed by atoms with Gasteiger partial charge in [-0.3, -0.25) is 4.79 Å². The number of carbonyl (C=O) groups excluding carboxylic acids is 1. The second kappa shape index (κ2) is 9.58. The van der Waals surface area contributed by atoms with Crippen LogP contribution in [0.15, 0.2) is 24.3 Å². The summed E-state index contributed by atoms with van der Waals surface area (Å²) in [6.07, 6.45) is 0.0992. The normalized spacial score (nSPS) is 11.9. The minimum absolute atomic E-state index is 0.0108. The monoisotopic (exact) mass is 301 g/mol. The van der Waals surface area contributed by atoms with Crippen LogP contribution < -0.4 is 10.1 Å². The number of aliphatic hydroxyl groups excluding tert-OH is 1. The zero-order chi connectivity index (χ0) is 14.8. The summed E-state index contributed by atoms with van der Waals surface area (Å²) in [6.45, 7) is 3.02. The van der Waals surface area contributed by atoms with E-state index in [2.05, 4.69) is 5.32 Å². The van der Waals surface area contributed by atoms with Crippen LogP contribution in [0.2, 0.25) is 5.02 Å². The first-order valence-corrected chi connectivity index (χ1v) is 6.90. The van der Waals surface area contributed by atoms with Gasteiger partial charge in [-0.15, -0.1) is 0 Å². The third kappa shape index (κ3) is 6.75. The van der Waals surface area contributed by atoms with Crippen LogP contribution in [-0.4, -0.2) is 43.5 Å². The minimum Gasteiger partial charge on any atom is -0.481 e. The molecule has 20 heavy (non-hydrogen) atoms. The van der Waals surface area contributed by atoms with Gasteiger partial charge >= 0.3 is 0 Å². The molecule has 0 spiro atoms. The molecule has 1 atom stereocenters. The van der Waals surface area contributed by atoms with Crippen LogP contribution in [0.3, 0.4) is 0 Å². The Balaban J connectivity index is 2.22. The number of nitrogens with one attached hydrogen (secondary N) is 1. The summed E-state index contributed by atoms with van der Waals surface area (Å²) in [5.74, 6) is 0.374. The summed E-state index contributed by atoms with van der Waals surface area (Å²) in [7, 11) is 0. The summed E-state index contributed by atoms with van der Waals surface area (Å²) in [5, 5.41) is 11.8. The van der Waals surface area contributed by atoms with E-state index < -0.39 is 6.10 Å². The van der Waals surface area contributed by atoms with E-state index >= 15 is 0 Å². The second-order valence-corrected chi connectivity index (χ2v) is 4.63. The van der Waals surface area contributed by atoms with E-state index in [4.69, 9.17) is 26.2 Å². The van der Waals surface area contributed by atoms with E-state index in [0.717, 1.165) is 0 Å². The minimum atomic E-state index is -0.591. The Kier molecular flexibility index (Phi) is 8.02. The molecule has 2 N–H and O–H groups in total. The van der Waals surface area contributed by atoms with Crippen molar-refractivity contribution in [3.63, 3.8) is 0 Å². The van der Waals surface area contributed by atoms with Crippen LogP contribution >= 0.6 is 11.6 Å². The summed E-state index contributed by atoms with van der Waals surface area (Å²) in [6, 6.07) is 6.92. The molecular formula is C14H20ClNO4. The first-order chi connectivity index (χ1) is 9.63. The van der Waals surface area contributed by atoms with Gasteiger partial charge in [0.25, 0.3) is 5.91 Å². The van der Waals surface area contributed by atoms with E-state index in [9.17, 15) is 4.79 Å². The molecule has 0 bridgehead atoms. The van der Waals surface area contributed by atoms with E-state index in [0.29, 0.717) is 37.0 Å². The highest BCUT2D eigenvalue weighted by Gasteiger charge is 2.13. The molecule has 0 saturated heterocycles. The smallest absolute Gasteiger partial charge is 0.260 e. The number of carbonyl (C=O) groups is 1. The quantitative estimate of drug-likeness (QED) is 0.680. The maximum absolute atomic E-state index is 11.8. The lowest BCUT2D eigenvalue weighted by Gasteiger charge is -2.14. The van der Waals surface area contributed by atoms with Crippen LogP contribution in [0.25, 0.3) is 0 Å². The molecule has 1 unspecified atom stereocenters. The number of ether oxygens (including phenoxy) is 2. The number of amides is 1. The molecule has 1 aromatic carbocycles. The van der Waals surface area contributed by atoms with Gasteiger partial charge in [0.1, 0.15) is 5.75 Å². The van der Waals surface area contributed by atoms with E-state index in [1.807, 2.05) is 0 Å². The van der Waals surface area contributed by atoms with E-state index in [1.54, 1.807) is 31.2 Å². The predicted octanol–water partition coefficient (Wildman–Crippen LogP) is 1.62. The van der Waals surface area contributed by atoms with Gasteiger partial charge in [-0.2, -0.15) is 0 Å².